The first-order chi connectivity index (χ1) is 27.9. The molecule has 0 bridgehead atoms. The molecule has 1 saturated heterocycles. The molecule has 3 unspecified atom stereocenters. The van der Waals surface area contributed by atoms with Crippen molar-refractivity contribution in [1.29, 1.82) is 0 Å². The van der Waals surface area contributed by atoms with Crippen molar-refractivity contribution in [1.82, 2.24) is 26.2 Å². The highest BCUT2D eigenvalue weighted by molar-refractivity contribution is 7.92. The van der Waals surface area contributed by atoms with Crippen LogP contribution in [-0.2, 0) is 38.5 Å². The average Bonchev–Trinajstić information content (AvgIpc) is 3.88. The van der Waals surface area contributed by atoms with Gasteiger partial charge in [0.05, 0.1) is 28.5 Å². The number of hydrogen-bond acceptors (Lipinski definition) is 9. The van der Waals surface area contributed by atoms with Gasteiger partial charge < -0.3 is 30.9 Å². The first kappa shape index (κ1) is 49.2. The Balaban J connectivity index is 1.59. The van der Waals surface area contributed by atoms with E-state index in [1.807, 2.05) is 33.8 Å². The topological polar surface area (TPSA) is 197 Å². The molecule has 5 amide bonds. The Morgan fingerprint density at radius 3 is 2.02 bits per heavy atom. The van der Waals surface area contributed by atoms with E-state index in [4.69, 9.17) is 4.74 Å². The van der Waals surface area contributed by atoms with Gasteiger partial charge in [-0.3, -0.25) is 24.0 Å². The molecule has 60 heavy (non-hydrogen) atoms. The van der Waals surface area contributed by atoms with E-state index >= 15 is 4.79 Å². The maximum atomic E-state index is 15.1. The van der Waals surface area contributed by atoms with Crippen LogP contribution in [0.1, 0.15) is 165 Å². The van der Waals surface area contributed by atoms with Gasteiger partial charge in [0, 0.05) is 19.0 Å². The summed E-state index contributed by atoms with van der Waals surface area (Å²) in [5.74, 6) is -3.60. The molecular formula is C45H75N5O9S. The summed E-state index contributed by atoms with van der Waals surface area (Å²) in [5, 5.41) is 11.5. The second-order valence-electron chi connectivity index (χ2n) is 20.3. The minimum absolute atomic E-state index is 0.106. The lowest BCUT2D eigenvalue weighted by Crippen LogP contribution is -2.64. The van der Waals surface area contributed by atoms with Crippen LogP contribution in [0.25, 0.3) is 0 Å². The van der Waals surface area contributed by atoms with E-state index < -0.39 is 84.8 Å². The monoisotopic (exact) mass is 862 g/mol. The normalized spacial score (nSPS) is 22.7. The Kier molecular flexibility index (Phi) is 16.5. The van der Waals surface area contributed by atoms with Crippen LogP contribution in [0, 0.1) is 17.3 Å². The van der Waals surface area contributed by atoms with E-state index in [1.165, 1.54) is 4.90 Å². The summed E-state index contributed by atoms with van der Waals surface area (Å²) in [7, 11) is -3.61. The van der Waals surface area contributed by atoms with Crippen LogP contribution in [0.15, 0.2) is 11.6 Å². The standard InChI is InChI=1S/C45H75N5O9S/c1-10-43(7,8)60(57,58)29-45(23-15-12-16-24-45)49-41(56)48-37(44(9)21-13-11-14-22-44)40(55)50-26-20-32(27-30(2)3)35(50)38(53)47-33(28-31-17-18-31)36(52)39(54)46-25-19-34(51)59-42(4,5)6/h27,31-33,35,37H,10-26,28-29H2,1-9H3,(H,46,54)(H,47,53)(H2,48,49,56)/t32?,33?,35?,37-/m1/s1. The molecule has 4 aliphatic rings. The smallest absolute Gasteiger partial charge is 0.315 e. The number of hydrogen-bond donors (Lipinski definition) is 4. The summed E-state index contributed by atoms with van der Waals surface area (Å²) in [6.07, 6.45) is 12.4. The Morgan fingerprint density at radius 1 is 0.867 bits per heavy atom. The van der Waals surface area contributed by atoms with Gasteiger partial charge in [-0.15, -0.1) is 0 Å². The lowest BCUT2D eigenvalue weighted by atomic mass is 9.70. The summed E-state index contributed by atoms with van der Waals surface area (Å²) in [6.45, 7) is 16.5. The number of nitrogens with zero attached hydrogens (tertiary/aromatic N) is 1. The molecule has 3 saturated carbocycles. The van der Waals surface area contributed by atoms with Crippen LogP contribution >= 0.6 is 0 Å². The Bertz CT molecular complexity index is 1720. The molecule has 1 heterocycles. The van der Waals surface area contributed by atoms with Gasteiger partial charge in [-0.2, -0.15) is 0 Å². The Labute approximate surface area is 359 Å². The fourth-order valence-corrected chi connectivity index (χ4v) is 11.1. The lowest BCUT2D eigenvalue weighted by Gasteiger charge is -2.44. The van der Waals surface area contributed by atoms with Crippen molar-refractivity contribution in [2.45, 2.75) is 199 Å². The van der Waals surface area contributed by atoms with Crippen molar-refractivity contribution in [2.24, 2.45) is 17.3 Å². The number of Topliss-reactive ketones (excluding diaryl/α,β-unsaturated/α-hetero) is 1. The highest BCUT2D eigenvalue weighted by atomic mass is 32.2. The third kappa shape index (κ3) is 13.3. The highest BCUT2D eigenvalue weighted by Gasteiger charge is 2.50. The highest BCUT2D eigenvalue weighted by Crippen LogP contribution is 2.41. The molecule has 4 fully saturated rings. The molecule has 3 aliphatic carbocycles. The zero-order valence-corrected chi connectivity index (χ0v) is 38.7. The number of esters is 1. The fourth-order valence-electron chi connectivity index (χ4n) is 9.16. The zero-order valence-electron chi connectivity index (χ0n) is 37.9. The van der Waals surface area contributed by atoms with E-state index in [2.05, 4.69) is 21.3 Å². The van der Waals surface area contributed by atoms with Crippen molar-refractivity contribution < 1.29 is 41.9 Å². The molecule has 0 spiro atoms. The number of nitrogens with one attached hydrogen (secondary N) is 4. The van der Waals surface area contributed by atoms with Crippen molar-refractivity contribution >= 4 is 45.3 Å². The fraction of sp³-hybridized carbons (Fsp3) is 0.822. The molecule has 0 aromatic carbocycles. The van der Waals surface area contributed by atoms with Gasteiger partial charge in [0.2, 0.25) is 17.6 Å². The van der Waals surface area contributed by atoms with Crippen molar-refractivity contribution in [2.75, 3.05) is 18.8 Å². The van der Waals surface area contributed by atoms with Gasteiger partial charge in [0.25, 0.3) is 5.91 Å². The van der Waals surface area contributed by atoms with E-state index in [1.54, 1.807) is 34.6 Å². The van der Waals surface area contributed by atoms with E-state index in [0.717, 1.165) is 56.9 Å². The summed E-state index contributed by atoms with van der Waals surface area (Å²) in [4.78, 5) is 84.4. The maximum Gasteiger partial charge on any atom is 0.315 e. The summed E-state index contributed by atoms with van der Waals surface area (Å²) in [5.41, 5.74) is -1.36. The average molecular weight is 862 g/mol. The van der Waals surface area contributed by atoms with Crippen molar-refractivity contribution in [3.8, 4) is 0 Å². The summed E-state index contributed by atoms with van der Waals surface area (Å²) < 4.78 is 31.8. The van der Waals surface area contributed by atoms with Gasteiger partial charge >= 0.3 is 12.0 Å². The lowest BCUT2D eigenvalue weighted by molar-refractivity contribution is -0.154. The number of rotatable bonds is 18. The number of ether oxygens (including phenoxy) is 1. The number of amides is 5. The van der Waals surface area contributed by atoms with Crippen LogP contribution < -0.4 is 21.3 Å². The molecule has 0 aromatic heterocycles. The number of carbonyl (C=O) groups is 6. The largest absolute Gasteiger partial charge is 0.460 e. The van der Waals surface area contributed by atoms with Crippen molar-refractivity contribution in [3.05, 3.63) is 11.6 Å². The molecule has 340 valence electrons. The van der Waals surface area contributed by atoms with Gasteiger partial charge in [-0.1, -0.05) is 76.9 Å². The van der Waals surface area contributed by atoms with Gasteiger partial charge in [0.1, 0.15) is 17.7 Å². The Hall–Kier alpha value is -3.49. The molecule has 4 atom stereocenters. The van der Waals surface area contributed by atoms with Crippen molar-refractivity contribution in [3.63, 3.8) is 0 Å². The predicted molar refractivity (Wildman–Crippen MR) is 231 cm³/mol. The first-order valence-electron chi connectivity index (χ1n) is 22.5. The van der Waals surface area contributed by atoms with E-state index in [9.17, 15) is 32.4 Å². The summed E-state index contributed by atoms with van der Waals surface area (Å²) >= 11 is 0. The van der Waals surface area contributed by atoms with Gasteiger partial charge in [0.15, 0.2) is 9.84 Å². The third-order valence-corrected chi connectivity index (χ3v) is 16.2. The first-order valence-corrected chi connectivity index (χ1v) is 24.2. The summed E-state index contributed by atoms with van der Waals surface area (Å²) in [6, 6.07) is -3.75. The molecule has 0 aromatic rings. The van der Waals surface area contributed by atoms with Gasteiger partial charge in [-0.05, 0) is 105 Å². The molecule has 4 rings (SSSR count). The number of allylic oxidation sites excluding steroid dienone is 1. The molecule has 15 heteroatoms. The van der Waals surface area contributed by atoms with Gasteiger partial charge in [-0.25, -0.2) is 13.2 Å². The number of carbonyl (C=O) groups excluding carboxylic acids is 6. The van der Waals surface area contributed by atoms with Crippen LogP contribution in [-0.4, -0.2) is 102 Å². The third-order valence-electron chi connectivity index (χ3n) is 13.3. The van der Waals surface area contributed by atoms with E-state index in [0.29, 0.717) is 38.5 Å². The molecule has 4 N–H and O–H groups in total. The molecule has 14 nitrogen and oxygen atoms in total. The van der Waals surface area contributed by atoms with Crippen LogP contribution in [0.3, 0.4) is 0 Å². The van der Waals surface area contributed by atoms with E-state index in [-0.39, 0.29) is 43.5 Å². The molecule has 1 aliphatic heterocycles. The molecule has 0 radical (unpaired) electrons. The van der Waals surface area contributed by atoms with Crippen LogP contribution in [0.4, 0.5) is 4.79 Å². The second-order valence-corrected chi connectivity index (χ2v) is 23.0. The number of likely N-dealkylation sites (tertiary alicyclic amines) is 1. The second kappa shape index (κ2) is 20.1. The van der Waals surface area contributed by atoms with Crippen LogP contribution in [0.5, 0.6) is 0 Å². The number of ketones is 1. The zero-order chi connectivity index (χ0) is 44.7. The van der Waals surface area contributed by atoms with Crippen LogP contribution in [0.2, 0.25) is 0 Å². The Morgan fingerprint density at radius 2 is 1.47 bits per heavy atom. The predicted octanol–water partition coefficient (Wildman–Crippen LogP) is 5.82. The quantitative estimate of drug-likeness (QED) is 0.0746. The maximum absolute atomic E-state index is 15.1. The number of sulfone groups is 1. The minimum Gasteiger partial charge on any atom is -0.460 e. The molecular weight excluding hydrogens is 787 g/mol. The SMILES string of the molecule is CCC(C)(C)S(=O)(=O)CC1(NC(=O)N[C@H](C(=O)N2CCC(C=C(C)C)C2C(=O)NC(CC2CC2)C(=O)C(=O)NCCC(=O)OC(C)(C)C)C2(C)CCCCC2)CCCCC1. The number of urea groups is 1. The minimum atomic E-state index is -3.61.